The second-order valence-electron chi connectivity index (χ2n) is 4.50. The molecule has 0 aliphatic heterocycles. The highest BCUT2D eigenvalue weighted by molar-refractivity contribution is 5.37. The zero-order chi connectivity index (χ0) is 14.4. The molecule has 0 saturated heterocycles. The number of para-hydroxylation sites is 1. The van der Waals surface area contributed by atoms with E-state index in [1.54, 1.807) is 18.2 Å². The maximum absolute atomic E-state index is 9.71. The van der Waals surface area contributed by atoms with Gasteiger partial charge < -0.3 is 15.2 Å². The second kappa shape index (κ2) is 6.75. The van der Waals surface area contributed by atoms with Crippen LogP contribution in [0.4, 0.5) is 5.95 Å². The number of aryl methyl sites for hydroxylation is 1. The molecule has 5 nitrogen and oxygen atoms in total. The van der Waals surface area contributed by atoms with Crippen molar-refractivity contribution < 1.29 is 9.84 Å². The van der Waals surface area contributed by atoms with E-state index in [4.69, 9.17) is 4.74 Å². The molecule has 2 rings (SSSR count). The van der Waals surface area contributed by atoms with E-state index in [9.17, 15) is 5.11 Å². The quantitative estimate of drug-likeness (QED) is 0.847. The summed E-state index contributed by atoms with van der Waals surface area (Å²) in [6.45, 7) is 5.04. The van der Waals surface area contributed by atoms with Crippen LogP contribution in [0.25, 0.3) is 0 Å². The molecular weight excluding hydrogens is 254 g/mol. The van der Waals surface area contributed by atoms with Crippen molar-refractivity contribution in [1.29, 1.82) is 0 Å². The Morgan fingerprint density at radius 2 is 2.05 bits per heavy atom. The van der Waals surface area contributed by atoms with E-state index < -0.39 is 0 Å². The first-order valence-corrected chi connectivity index (χ1v) is 6.68. The third-order valence-electron chi connectivity index (χ3n) is 2.71. The zero-order valence-corrected chi connectivity index (χ0v) is 11.8. The summed E-state index contributed by atoms with van der Waals surface area (Å²) in [6, 6.07) is 8.99. The normalized spacial score (nSPS) is 10.3. The van der Waals surface area contributed by atoms with Gasteiger partial charge in [0.1, 0.15) is 5.75 Å². The first-order chi connectivity index (χ1) is 9.69. The molecule has 0 unspecified atom stereocenters. The van der Waals surface area contributed by atoms with Crippen LogP contribution in [0.3, 0.4) is 0 Å². The molecule has 0 amide bonds. The first kappa shape index (κ1) is 14.1. The van der Waals surface area contributed by atoms with E-state index in [2.05, 4.69) is 15.3 Å². The Hall–Kier alpha value is -2.30. The average molecular weight is 273 g/mol. The molecule has 1 aromatic carbocycles. The lowest BCUT2D eigenvalue weighted by atomic mass is 10.2. The molecule has 0 aliphatic carbocycles. The Morgan fingerprint density at radius 1 is 1.25 bits per heavy atom. The van der Waals surface area contributed by atoms with E-state index in [0.29, 0.717) is 25.0 Å². The molecular formula is C15H19N3O2. The Kier molecular flexibility index (Phi) is 4.76. The summed E-state index contributed by atoms with van der Waals surface area (Å²) in [5.41, 5.74) is 1.64. The number of rotatable bonds is 6. The molecule has 0 fully saturated rings. The van der Waals surface area contributed by atoms with Gasteiger partial charge >= 0.3 is 0 Å². The van der Waals surface area contributed by atoms with Crippen molar-refractivity contribution >= 4 is 5.95 Å². The molecule has 0 spiro atoms. The van der Waals surface area contributed by atoms with Crippen LogP contribution in [0.1, 0.15) is 24.6 Å². The number of phenols is 1. The summed E-state index contributed by atoms with van der Waals surface area (Å²) in [6.07, 6.45) is 0.934. The summed E-state index contributed by atoms with van der Waals surface area (Å²) in [7, 11) is 0. The lowest BCUT2D eigenvalue weighted by Gasteiger charge is -2.09. The van der Waals surface area contributed by atoms with Crippen LogP contribution in [0.2, 0.25) is 0 Å². The molecule has 0 bridgehead atoms. The van der Waals surface area contributed by atoms with Gasteiger partial charge in [-0.2, -0.15) is 4.98 Å². The minimum Gasteiger partial charge on any atom is -0.508 e. The van der Waals surface area contributed by atoms with Crippen molar-refractivity contribution in [3.05, 3.63) is 41.6 Å². The third kappa shape index (κ3) is 3.85. The summed E-state index contributed by atoms with van der Waals surface area (Å²) < 4.78 is 5.51. The predicted molar refractivity (Wildman–Crippen MR) is 78.0 cm³/mol. The van der Waals surface area contributed by atoms with Gasteiger partial charge in [0.15, 0.2) is 0 Å². The molecule has 2 aromatic rings. The number of benzene rings is 1. The van der Waals surface area contributed by atoms with Gasteiger partial charge in [-0.3, -0.25) is 0 Å². The van der Waals surface area contributed by atoms with Gasteiger partial charge in [0.25, 0.3) is 0 Å². The molecule has 0 atom stereocenters. The number of hydrogen-bond donors (Lipinski definition) is 2. The topological polar surface area (TPSA) is 67.3 Å². The van der Waals surface area contributed by atoms with Crippen LogP contribution in [0.5, 0.6) is 11.6 Å². The molecule has 0 saturated carbocycles. The van der Waals surface area contributed by atoms with Gasteiger partial charge in [-0.15, -0.1) is 0 Å². The lowest BCUT2D eigenvalue weighted by molar-refractivity contribution is 0.305. The Bertz CT molecular complexity index is 573. The Labute approximate surface area is 118 Å². The molecule has 20 heavy (non-hydrogen) atoms. The smallest absolute Gasteiger partial charge is 0.226 e. The highest BCUT2D eigenvalue weighted by Gasteiger charge is 2.04. The summed E-state index contributed by atoms with van der Waals surface area (Å²) in [5.74, 6) is 1.33. The van der Waals surface area contributed by atoms with Crippen LogP contribution in [-0.2, 0) is 6.54 Å². The molecule has 106 valence electrons. The van der Waals surface area contributed by atoms with Crippen LogP contribution >= 0.6 is 0 Å². The largest absolute Gasteiger partial charge is 0.508 e. The van der Waals surface area contributed by atoms with Crippen LogP contribution in [-0.4, -0.2) is 21.7 Å². The maximum atomic E-state index is 9.71. The van der Waals surface area contributed by atoms with Crippen LogP contribution in [0.15, 0.2) is 30.3 Å². The van der Waals surface area contributed by atoms with Crippen molar-refractivity contribution in [2.24, 2.45) is 0 Å². The number of aromatic hydroxyl groups is 1. The Balaban J connectivity index is 2.05. The number of hydrogen-bond acceptors (Lipinski definition) is 5. The van der Waals surface area contributed by atoms with E-state index in [-0.39, 0.29) is 5.75 Å². The number of phenolic OH excluding ortho intramolecular Hbond substituents is 1. The lowest BCUT2D eigenvalue weighted by Crippen LogP contribution is -2.06. The minimum absolute atomic E-state index is 0.259. The third-order valence-corrected chi connectivity index (χ3v) is 2.71. The van der Waals surface area contributed by atoms with Crippen LogP contribution < -0.4 is 10.1 Å². The van der Waals surface area contributed by atoms with Crippen molar-refractivity contribution in [2.75, 3.05) is 11.9 Å². The summed E-state index contributed by atoms with van der Waals surface area (Å²) in [5, 5.41) is 12.8. The zero-order valence-electron chi connectivity index (χ0n) is 11.8. The number of nitrogens with one attached hydrogen (secondary N) is 1. The molecule has 1 heterocycles. The molecule has 2 N–H and O–H groups in total. The van der Waals surface area contributed by atoms with Gasteiger partial charge in [-0.1, -0.05) is 25.1 Å². The average Bonchev–Trinajstić information content (AvgIpc) is 2.44. The number of ether oxygens (including phenoxy) is 1. The van der Waals surface area contributed by atoms with Crippen molar-refractivity contribution in [3.8, 4) is 11.6 Å². The molecule has 0 radical (unpaired) electrons. The van der Waals surface area contributed by atoms with E-state index >= 15 is 0 Å². The van der Waals surface area contributed by atoms with Gasteiger partial charge in [0, 0.05) is 23.9 Å². The van der Waals surface area contributed by atoms with Crippen molar-refractivity contribution in [3.63, 3.8) is 0 Å². The second-order valence-corrected chi connectivity index (χ2v) is 4.50. The summed E-state index contributed by atoms with van der Waals surface area (Å²) in [4.78, 5) is 8.59. The SMILES string of the molecule is CCCOc1cc(C)nc(NCc2ccccc2O)n1. The molecule has 5 heteroatoms. The monoisotopic (exact) mass is 273 g/mol. The number of nitrogens with zero attached hydrogens (tertiary/aromatic N) is 2. The van der Waals surface area contributed by atoms with Gasteiger partial charge in [-0.05, 0) is 19.4 Å². The van der Waals surface area contributed by atoms with Gasteiger partial charge in [0.05, 0.1) is 6.61 Å². The van der Waals surface area contributed by atoms with Gasteiger partial charge in [0.2, 0.25) is 11.8 Å². The minimum atomic E-state index is 0.259. The highest BCUT2D eigenvalue weighted by atomic mass is 16.5. The van der Waals surface area contributed by atoms with Gasteiger partial charge in [-0.25, -0.2) is 4.98 Å². The standard InChI is InChI=1S/C15H19N3O2/c1-3-8-20-14-9-11(2)17-15(18-14)16-10-12-6-4-5-7-13(12)19/h4-7,9,19H,3,8,10H2,1-2H3,(H,16,17,18). The highest BCUT2D eigenvalue weighted by Crippen LogP contribution is 2.17. The Morgan fingerprint density at radius 3 is 2.80 bits per heavy atom. The number of anilines is 1. The fourth-order valence-corrected chi connectivity index (χ4v) is 1.73. The van der Waals surface area contributed by atoms with Crippen LogP contribution in [0, 0.1) is 6.92 Å². The van der Waals surface area contributed by atoms with E-state index in [1.807, 2.05) is 26.0 Å². The fraction of sp³-hybridized carbons (Fsp3) is 0.333. The summed E-state index contributed by atoms with van der Waals surface area (Å²) >= 11 is 0. The fourth-order valence-electron chi connectivity index (χ4n) is 1.73. The van der Waals surface area contributed by atoms with E-state index in [0.717, 1.165) is 17.7 Å². The molecule has 1 aromatic heterocycles. The predicted octanol–water partition coefficient (Wildman–Crippen LogP) is 2.89. The van der Waals surface area contributed by atoms with E-state index in [1.165, 1.54) is 0 Å². The van der Waals surface area contributed by atoms with Crippen molar-refractivity contribution in [1.82, 2.24) is 9.97 Å². The maximum Gasteiger partial charge on any atom is 0.226 e. The van der Waals surface area contributed by atoms with Crippen molar-refractivity contribution in [2.45, 2.75) is 26.8 Å². The number of aromatic nitrogens is 2. The first-order valence-electron chi connectivity index (χ1n) is 6.68. The molecule has 0 aliphatic rings.